The quantitative estimate of drug-likeness (QED) is 0.278. The molecule has 0 radical (unpaired) electrons. The second-order valence-corrected chi connectivity index (χ2v) is 10.2. The number of nitrogens with one attached hydrogen (secondary N) is 2. The van der Waals surface area contributed by atoms with E-state index in [0.717, 1.165) is 0 Å². The fourth-order valence-corrected chi connectivity index (χ4v) is 5.47. The van der Waals surface area contributed by atoms with Gasteiger partial charge < -0.3 is 4.57 Å². The molecule has 0 atom stereocenters. The van der Waals surface area contributed by atoms with Crippen LogP contribution in [0.2, 0.25) is 10.0 Å². The van der Waals surface area contributed by atoms with E-state index in [-0.39, 0.29) is 10.9 Å². The maximum atomic E-state index is 14.4. The largest absolute Gasteiger partial charge is 0.328 e. The van der Waals surface area contributed by atoms with Crippen molar-refractivity contribution in [2.45, 2.75) is 12.8 Å². The van der Waals surface area contributed by atoms with Crippen LogP contribution < -0.4 is 16.2 Å². The van der Waals surface area contributed by atoms with Crippen molar-refractivity contribution in [3.05, 3.63) is 117 Å². The van der Waals surface area contributed by atoms with Crippen LogP contribution in [0.1, 0.15) is 17.2 Å². The van der Waals surface area contributed by atoms with Gasteiger partial charge in [-0.3, -0.25) is 29.6 Å². The number of aryl methyl sites for hydroxylation is 1. The lowest BCUT2D eigenvalue weighted by Crippen LogP contribution is -2.54. The zero-order valence-electron chi connectivity index (χ0n) is 20.9. The number of hydrogen-bond acceptors (Lipinski definition) is 4. The number of imide groups is 2. The first-order chi connectivity index (χ1) is 19.2. The molecule has 6 rings (SSSR count). The molecule has 198 valence electrons. The minimum absolute atomic E-state index is 0.166. The molecule has 3 aromatic carbocycles. The molecule has 1 saturated heterocycles. The lowest BCUT2D eigenvalue weighted by atomic mass is 9.91. The van der Waals surface area contributed by atoms with Crippen molar-refractivity contribution in [2.75, 3.05) is 0 Å². The van der Waals surface area contributed by atoms with Gasteiger partial charge >= 0.3 is 6.03 Å². The van der Waals surface area contributed by atoms with Crippen LogP contribution in [0, 0.1) is 6.92 Å². The topological polar surface area (TPSA) is 102 Å². The lowest BCUT2D eigenvalue weighted by molar-refractivity contribution is -0.132. The van der Waals surface area contributed by atoms with E-state index in [2.05, 4.69) is 10.6 Å². The average Bonchev–Trinajstić information content (AvgIpc) is 3.24. The van der Waals surface area contributed by atoms with Crippen molar-refractivity contribution < 1.29 is 14.4 Å². The Morgan fingerprint density at radius 1 is 0.700 bits per heavy atom. The Morgan fingerprint density at radius 2 is 1.23 bits per heavy atom. The third-order valence-corrected chi connectivity index (χ3v) is 7.37. The van der Waals surface area contributed by atoms with E-state index < -0.39 is 29.3 Å². The number of carbonyl (C=O) groups excluding carboxylic acids is 3. The second kappa shape index (κ2) is 9.82. The van der Waals surface area contributed by atoms with Gasteiger partial charge in [-0.1, -0.05) is 53.5 Å². The van der Waals surface area contributed by atoms with Gasteiger partial charge in [-0.2, -0.15) is 0 Å². The highest BCUT2D eigenvalue weighted by atomic mass is 35.5. The monoisotopic (exact) mass is 570 g/mol. The number of rotatable bonds is 4. The molecule has 0 bridgehead atoms. The molecule has 2 N–H and O–H groups in total. The number of halogens is 2. The number of carbonyl (C=O) groups is 3. The summed E-state index contributed by atoms with van der Waals surface area (Å²) in [5.41, 5.74) is 3.21. The van der Waals surface area contributed by atoms with Crippen LogP contribution >= 0.6 is 23.2 Å². The smallest absolute Gasteiger partial charge is 0.309 e. The molecule has 0 spiro atoms. The summed E-state index contributed by atoms with van der Waals surface area (Å²) in [7, 11) is 0. The van der Waals surface area contributed by atoms with E-state index in [1.54, 1.807) is 55.5 Å². The zero-order valence-corrected chi connectivity index (χ0v) is 22.5. The molecule has 5 aromatic rings. The van der Waals surface area contributed by atoms with Crippen molar-refractivity contribution in [2.24, 2.45) is 0 Å². The molecule has 3 heterocycles. The summed E-state index contributed by atoms with van der Waals surface area (Å²) in [6.45, 7) is 1.80. The molecule has 8 nitrogen and oxygen atoms in total. The minimum atomic E-state index is -1.47. The van der Waals surface area contributed by atoms with Gasteiger partial charge in [0, 0.05) is 32.7 Å². The van der Waals surface area contributed by atoms with Crippen LogP contribution in [0.3, 0.4) is 0 Å². The standard InChI is InChI=1S/C30H20Cl2N4O4/c1-16-15-22-23(29(39)35(16)20-11-7-18(31)8-12-20)24(25-27(37)33-30(40)34-28(25)38)26(17-5-3-2-4-6-17)36(22)21-13-9-19(32)10-14-21/h2-15,25H,1H3,(H2,33,34,37,38,40). The molecule has 1 fully saturated rings. The van der Waals surface area contributed by atoms with Gasteiger partial charge in [-0.15, -0.1) is 0 Å². The number of benzene rings is 3. The SMILES string of the molecule is Cc1cc2c(c(C3C(=O)NC(=O)NC3=O)c(-c3ccccc3)n2-c2ccc(Cl)cc2)c(=O)n1-c1ccc(Cl)cc1. The van der Waals surface area contributed by atoms with Gasteiger partial charge in [-0.25, -0.2) is 4.79 Å². The molecule has 1 aliphatic rings. The Labute approximate surface area is 237 Å². The number of amides is 4. The normalized spacial score (nSPS) is 13.9. The third-order valence-electron chi connectivity index (χ3n) is 6.86. The number of urea groups is 1. The average molecular weight is 571 g/mol. The highest BCUT2D eigenvalue weighted by Gasteiger charge is 2.41. The molecular formula is C30H20Cl2N4O4. The van der Waals surface area contributed by atoms with Crippen LogP contribution in [0.5, 0.6) is 0 Å². The van der Waals surface area contributed by atoms with E-state index in [1.807, 2.05) is 41.0 Å². The molecule has 0 unspecified atom stereocenters. The number of barbiturate groups is 1. The maximum Gasteiger partial charge on any atom is 0.328 e. The number of hydrogen-bond donors (Lipinski definition) is 2. The van der Waals surface area contributed by atoms with Crippen molar-refractivity contribution in [3.63, 3.8) is 0 Å². The third kappa shape index (κ3) is 4.18. The summed E-state index contributed by atoms with van der Waals surface area (Å²) in [6.07, 6.45) is 0. The molecule has 0 saturated carbocycles. The van der Waals surface area contributed by atoms with Crippen molar-refractivity contribution in [3.8, 4) is 22.6 Å². The van der Waals surface area contributed by atoms with Crippen molar-refractivity contribution in [1.29, 1.82) is 0 Å². The molecular weight excluding hydrogens is 551 g/mol. The summed E-state index contributed by atoms with van der Waals surface area (Å²) < 4.78 is 3.35. The van der Waals surface area contributed by atoms with Crippen molar-refractivity contribution in [1.82, 2.24) is 19.8 Å². The summed E-state index contributed by atoms with van der Waals surface area (Å²) in [4.78, 5) is 52.9. The first-order valence-corrected chi connectivity index (χ1v) is 13.0. The number of nitrogens with zero attached hydrogens (tertiary/aromatic N) is 2. The number of pyridine rings is 1. The molecule has 10 heteroatoms. The van der Waals surface area contributed by atoms with E-state index in [1.165, 1.54) is 4.57 Å². The predicted octanol–water partition coefficient (Wildman–Crippen LogP) is 5.51. The van der Waals surface area contributed by atoms with Gasteiger partial charge in [0.2, 0.25) is 11.8 Å². The highest BCUT2D eigenvalue weighted by molar-refractivity contribution is 6.31. The Morgan fingerprint density at radius 3 is 1.77 bits per heavy atom. The van der Waals surface area contributed by atoms with Crippen molar-refractivity contribution >= 4 is 52.0 Å². The fourth-order valence-electron chi connectivity index (χ4n) is 5.22. The van der Waals surface area contributed by atoms with Gasteiger partial charge in [0.05, 0.1) is 16.6 Å². The Hall–Kier alpha value is -4.66. The fraction of sp³-hybridized carbons (Fsp3) is 0.0667. The van der Waals surface area contributed by atoms with E-state index in [9.17, 15) is 19.2 Å². The Balaban J connectivity index is 1.81. The van der Waals surface area contributed by atoms with Crippen LogP contribution in [-0.4, -0.2) is 27.0 Å². The predicted molar refractivity (Wildman–Crippen MR) is 153 cm³/mol. The number of fused-ring (bicyclic) bond motifs is 1. The molecule has 40 heavy (non-hydrogen) atoms. The zero-order chi connectivity index (χ0) is 28.1. The van der Waals surface area contributed by atoms with Crippen LogP contribution in [-0.2, 0) is 9.59 Å². The van der Waals surface area contributed by atoms with Crippen LogP contribution in [0.15, 0.2) is 89.7 Å². The first-order valence-electron chi connectivity index (χ1n) is 12.3. The summed E-state index contributed by atoms with van der Waals surface area (Å²) >= 11 is 12.3. The highest BCUT2D eigenvalue weighted by Crippen LogP contribution is 2.40. The Kier molecular flexibility index (Phi) is 6.29. The maximum absolute atomic E-state index is 14.4. The van der Waals surface area contributed by atoms with Gasteiger partial charge in [0.1, 0.15) is 5.92 Å². The molecule has 1 aliphatic heterocycles. The van der Waals surface area contributed by atoms with Crippen LogP contribution in [0.25, 0.3) is 33.5 Å². The van der Waals surface area contributed by atoms with E-state index in [0.29, 0.717) is 43.9 Å². The summed E-state index contributed by atoms with van der Waals surface area (Å²) in [6, 6.07) is 23.9. The number of aromatic nitrogens is 2. The minimum Gasteiger partial charge on any atom is -0.309 e. The van der Waals surface area contributed by atoms with Gasteiger partial charge in [-0.05, 0) is 67.1 Å². The van der Waals surface area contributed by atoms with Gasteiger partial charge in [0.25, 0.3) is 5.56 Å². The summed E-state index contributed by atoms with van der Waals surface area (Å²) in [5, 5.41) is 5.56. The molecule has 2 aromatic heterocycles. The summed E-state index contributed by atoms with van der Waals surface area (Å²) in [5.74, 6) is -3.11. The molecule has 0 aliphatic carbocycles. The van der Waals surface area contributed by atoms with E-state index in [4.69, 9.17) is 23.2 Å². The first kappa shape index (κ1) is 25.6. The van der Waals surface area contributed by atoms with E-state index >= 15 is 0 Å². The lowest BCUT2D eigenvalue weighted by Gasteiger charge is -2.22. The van der Waals surface area contributed by atoms with Gasteiger partial charge in [0.15, 0.2) is 0 Å². The second-order valence-electron chi connectivity index (χ2n) is 9.34. The van der Waals surface area contributed by atoms with Crippen LogP contribution in [0.4, 0.5) is 4.79 Å². The molecule has 4 amide bonds. The Bertz CT molecular complexity index is 1870.